The first-order chi connectivity index (χ1) is 14.5. The minimum absolute atomic E-state index is 0.173. The van der Waals surface area contributed by atoms with E-state index in [2.05, 4.69) is 0 Å². The zero-order chi connectivity index (χ0) is 21.1. The molecular weight excluding hydrogens is 400 g/mol. The maximum atomic E-state index is 12.5. The number of rotatable bonds is 4. The third kappa shape index (κ3) is 4.17. The van der Waals surface area contributed by atoms with Crippen molar-refractivity contribution in [2.75, 3.05) is 25.4 Å². The number of esters is 1. The fourth-order valence-corrected chi connectivity index (χ4v) is 5.87. The van der Waals surface area contributed by atoms with Crippen LogP contribution in [0.25, 0.3) is 0 Å². The molecule has 1 spiro atoms. The van der Waals surface area contributed by atoms with Crippen LogP contribution in [0.2, 0.25) is 0 Å². The number of ether oxygens (including phenoxy) is 2. The molecule has 0 bridgehead atoms. The van der Waals surface area contributed by atoms with Gasteiger partial charge in [-0.25, -0.2) is 9.59 Å². The van der Waals surface area contributed by atoms with Gasteiger partial charge >= 0.3 is 12.1 Å². The summed E-state index contributed by atoms with van der Waals surface area (Å²) >= 11 is 1.52. The van der Waals surface area contributed by atoms with E-state index >= 15 is 0 Å². The van der Waals surface area contributed by atoms with Crippen LogP contribution in [0.1, 0.15) is 52.5 Å². The van der Waals surface area contributed by atoms with Crippen LogP contribution in [0.3, 0.4) is 0 Å². The maximum absolute atomic E-state index is 12.5. The van der Waals surface area contributed by atoms with Gasteiger partial charge in [-0.1, -0.05) is 30.3 Å². The summed E-state index contributed by atoms with van der Waals surface area (Å²) in [5.41, 5.74) is 8.98. The molecule has 0 unspecified atom stereocenters. The van der Waals surface area contributed by atoms with Gasteiger partial charge in [-0.3, -0.25) is 0 Å². The molecule has 0 saturated carbocycles. The number of hydrogen-bond donors (Lipinski definition) is 1. The third-order valence-electron chi connectivity index (χ3n) is 6.33. The first kappa shape index (κ1) is 20.7. The normalized spacial score (nSPS) is 17.4. The molecule has 2 aliphatic rings. The molecule has 4 rings (SSSR count). The van der Waals surface area contributed by atoms with Gasteiger partial charge in [-0.2, -0.15) is 0 Å². The van der Waals surface area contributed by atoms with Gasteiger partial charge in [0, 0.05) is 18.0 Å². The van der Waals surface area contributed by atoms with Crippen LogP contribution in [-0.4, -0.2) is 36.7 Å². The van der Waals surface area contributed by atoms with Crippen LogP contribution in [0, 0.1) is 5.41 Å². The van der Waals surface area contributed by atoms with E-state index in [1.54, 1.807) is 6.92 Å². The van der Waals surface area contributed by atoms with Gasteiger partial charge in [0.05, 0.1) is 12.2 Å². The lowest BCUT2D eigenvalue weighted by Crippen LogP contribution is -2.45. The summed E-state index contributed by atoms with van der Waals surface area (Å²) < 4.78 is 10.7. The topological polar surface area (TPSA) is 81.9 Å². The van der Waals surface area contributed by atoms with Crippen molar-refractivity contribution in [2.24, 2.45) is 5.41 Å². The lowest BCUT2D eigenvalue weighted by atomic mass is 9.68. The molecule has 1 saturated heterocycles. The number of fused-ring (bicyclic) bond motifs is 1. The summed E-state index contributed by atoms with van der Waals surface area (Å²) in [6.45, 7) is 3.86. The Kier molecular flexibility index (Phi) is 5.99. The summed E-state index contributed by atoms with van der Waals surface area (Å²) in [7, 11) is 0. The minimum Gasteiger partial charge on any atom is -0.462 e. The predicted molar refractivity (Wildman–Crippen MR) is 117 cm³/mol. The Morgan fingerprint density at radius 2 is 1.87 bits per heavy atom. The monoisotopic (exact) mass is 428 g/mol. The summed E-state index contributed by atoms with van der Waals surface area (Å²) in [5, 5.41) is 0.567. The molecular formula is C23H28N2O4S. The average Bonchev–Trinajstić information content (AvgIpc) is 3.08. The fourth-order valence-electron chi connectivity index (χ4n) is 4.59. The van der Waals surface area contributed by atoms with Gasteiger partial charge in [0.15, 0.2) is 0 Å². The highest BCUT2D eigenvalue weighted by Crippen LogP contribution is 2.48. The number of carbonyl (C=O) groups is 2. The number of likely N-dealkylation sites (tertiary alicyclic amines) is 1. The number of nitrogens with zero attached hydrogens (tertiary/aromatic N) is 1. The summed E-state index contributed by atoms with van der Waals surface area (Å²) in [6.07, 6.45) is 4.42. The van der Waals surface area contributed by atoms with E-state index in [1.807, 2.05) is 35.2 Å². The second-order valence-electron chi connectivity index (χ2n) is 8.17. The van der Waals surface area contributed by atoms with E-state index < -0.39 is 0 Å². The summed E-state index contributed by atoms with van der Waals surface area (Å²) in [5.74, 6) is -0.306. The average molecular weight is 429 g/mol. The van der Waals surface area contributed by atoms with Crippen LogP contribution in [-0.2, 0) is 28.9 Å². The van der Waals surface area contributed by atoms with Crippen molar-refractivity contribution >= 4 is 28.4 Å². The SMILES string of the molecule is CCOC(=O)c1c(N)sc2c1CCC1(CCN(C(=O)OCc3ccccc3)CC1)C2. The van der Waals surface area contributed by atoms with Crippen molar-refractivity contribution in [3.05, 3.63) is 51.9 Å². The molecule has 1 amide bonds. The number of thiophene rings is 1. The van der Waals surface area contributed by atoms with Gasteiger partial charge in [0.25, 0.3) is 0 Å². The molecule has 30 heavy (non-hydrogen) atoms. The zero-order valence-electron chi connectivity index (χ0n) is 17.3. The maximum Gasteiger partial charge on any atom is 0.410 e. The standard InChI is InChI=1S/C23H28N2O4S/c1-2-28-21(26)19-17-8-9-23(14-18(17)30-20(19)24)10-12-25(13-11-23)22(27)29-15-16-6-4-3-5-7-16/h3-7H,2,8-15,24H2,1H3. The molecule has 1 aromatic heterocycles. The Labute approximate surface area is 181 Å². The van der Waals surface area contributed by atoms with E-state index in [-0.39, 0.29) is 17.5 Å². The van der Waals surface area contributed by atoms with E-state index in [4.69, 9.17) is 15.2 Å². The molecule has 1 aliphatic carbocycles. The van der Waals surface area contributed by atoms with Crippen LogP contribution in [0.5, 0.6) is 0 Å². The van der Waals surface area contributed by atoms with Gasteiger partial charge in [-0.05, 0) is 55.6 Å². The van der Waals surface area contributed by atoms with Crippen LogP contribution < -0.4 is 5.73 Å². The minimum atomic E-state index is -0.306. The number of amides is 1. The largest absolute Gasteiger partial charge is 0.462 e. The molecule has 1 aliphatic heterocycles. The zero-order valence-corrected chi connectivity index (χ0v) is 18.1. The number of benzene rings is 1. The highest BCUT2D eigenvalue weighted by atomic mass is 32.1. The van der Waals surface area contributed by atoms with Gasteiger partial charge in [0.2, 0.25) is 0 Å². The molecule has 1 fully saturated rings. The quantitative estimate of drug-likeness (QED) is 0.729. The first-order valence-corrected chi connectivity index (χ1v) is 11.4. The second-order valence-corrected chi connectivity index (χ2v) is 9.30. The Balaban J connectivity index is 1.36. The van der Waals surface area contributed by atoms with Crippen LogP contribution >= 0.6 is 11.3 Å². The molecule has 7 heteroatoms. The molecule has 2 N–H and O–H groups in total. The highest BCUT2D eigenvalue weighted by Gasteiger charge is 2.41. The number of piperidine rings is 1. The van der Waals surface area contributed by atoms with E-state index in [0.29, 0.717) is 36.9 Å². The van der Waals surface area contributed by atoms with Crippen molar-refractivity contribution in [3.8, 4) is 0 Å². The number of nitrogens with two attached hydrogens (primary N) is 1. The van der Waals surface area contributed by atoms with E-state index in [9.17, 15) is 9.59 Å². The fraction of sp³-hybridized carbons (Fsp3) is 0.478. The Morgan fingerprint density at radius 1 is 1.13 bits per heavy atom. The van der Waals surface area contributed by atoms with Crippen molar-refractivity contribution < 1.29 is 19.1 Å². The molecule has 2 aromatic rings. The molecule has 1 aromatic carbocycles. The van der Waals surface area contributed by atoms with E-state index in [0.717, 1.165) is 43.2 Å². The van der Waals surface area contributed by atoms with Crippen molar-refractivity contribution in [1.29, 1.82) is 0 Å². The lowest BCUT2D eigenvalue weighted by molar-refractivity contribution is 0.0511. The molecule has 0 atom stereocenters. The highest BCUT2D eigenvalue weighted by molar-refractivity contribution is 7.16. The molecule has 2 heterocycles. The van der Waals surface area contributed by atoms with Gasteiger partial charge in [-0.15, -0.1) is 11.3 Å². The van der Waals surface area contributed by atoms with E-state index in [1.165, 1.54) is 16.2 Å². The number of carbonyl (C=O) groups excluding carboxylic acids is 2. The number of nitrogen functional groups attached to an aromatic ring is 1. The van der Waals surface area contributed by atoms with Crippen molar-refractivity contribution in [3.63, 3.8) is 0 Å². The van der Waals surface area contributed by atoms with Crippen molar-refractivity contribution in [2.45, 2.75) is 45.6 Å². The second kappa shape index (κ2) is 8.68. The third-order valence-corrected chi connectivity index (χ3v) is 7.39. The molecule has 0 radical (unpaired) electrons. The Hall–Kier alpha value is -2.54. The Bertz CT molecular complexity index is 917. The number of anilines is 1. The first-order valence-electron chi connectivity index (χ1n) is 10.5. The van der Waals surface area contributed by atoms with Crippen molar-refractivity contribution in [1.82, 2.24) is 4.90 Å². The summed E-state index contributed by atoms with van der Waals surface area (Å²) in [6, 6.07) is 9.73. The van der Waals surface area contributed by atoms with Crippen LogP contribution in [0.15, 0.2) is 30.3 Å². The lowest BCUT2D eigenvalue weighted by Gasteiger charge is -2.43. The van der Waals surface area contributed by atoms with Gasteiger partial charge < -0.3 is 20.1 Å². The number of hydrogen-bond acceptors (Lipinski definition) is 6. The Morgan fingerprint density at radius 3 is 2.57 bits per heavy atom. The molecule has 160 valence electrons. The van der Waals surface area contributed by atoms with Gasteiger partial charge in [0.1, 0.15) is 11.6 Å². The molecule has 6 nitrogen and oxygen atoms in total. The predicted octanol–water partition coefficient (Wildman–Crippen LogP) is 4.41. The summed E-state index contributed by atoms with van der Waals surface area (Å²) in [4.78, 5) is 27.8. The van der Waals surface area contributed by atoms with Crippen LogP contribution in [0.4, 0.5) is 9.80 Å². The smallest absolute Gasteiger partial charge is 0.410 e.